The lowest BCUT2D eigenvalue weighted by atomic mass is 10.1. The minimum absolute atomic E-state index is 0.0688. The first-order chi connectivity index (χ1) is 8.69. The van der Waals surface area contributed by atoms with Gasteiger partial charge in [0.25, 0.3) is 0 Å². The van der Waals surface area contributed by atoms with Crippen molar-refractivity contribution in [1.29, 1.82) is 0 Å². The zero-order valence-electron chi connectivity index (χ0n) is 10.1. The number of hydrogen-bond acceptors (Lipinski definition) is 4. The third kappa shape index (κ3) is 2.97. The van der Waals surface area contributed by atoms with Crippen molar-refractivity contribution in [3.05, 3.63) is 23.9 Å². The van der Waals surface area contributed by atoms with Crippen LogP contribution < -0.4 is 15.4 Å². The molecule has 96 valence electrons. The van der Waals surface area contributed by atoms with Gasteiger partial charge in [-0.1, -0.05) is 0 Å². The van der Waals surface area contributed by atoms with Crippen LogP contribution in [0.1, 0.15) is 12.0 Å². The first kappa shape index (κ1) is 12.3. The number of nitrogens with zero attached hydrogens (tertiary/aromatic N) is 1. The summed E-state index contributed by atoms with van der Waals surface area (Å²) in [6.07, 6.45) is 1.90. The van der Waals surface area contributed by atoms with Crippen molar-refractivity contribution < 1.29 is 14.3 Å². The summed E-state index contributed by atoms with van der Waals surface area (Å²) in [5.74, 6) is 0.0746. The van der Waals surface area contributed by atoms with Crippen molar-refractivity contribution in [3.63, 3.8) is 0 Å². The minimum Gasteiger partial charge on any atom is -0.481 e. The van der Waals surface area contributed by atoms with Gasteiger partial charge in [-0.25, -0.2) is 4.98 Å². The molecular weight excluding hydrogens is 234 g/mol. The predicted molar refractivity (Wildman–Crippen MR) is 63.8 cm³/mol. The second-order valence-corrected chi connectivity index (χ2v) is 4.13. The molecule has 1 aliphatic heterocycles. The molecular formula is C12H15N3O3. The van der Waals surface area contributed by atoms with Gasteiger partial charge < -0.3 is 15.4 Å². The van der Waals surface area contributed by atoms with Crippen LogP contribution in [-0.2, 0) is 16.1 Å². The third-order valence-electron chi connectivity index (χ3n) is 2.82. The Kier molecular flexibility index (Phi) is 3.76. The highest BCUT2D eigenvalue weighted by molar-refractivity contribution is 5.89. The molecule has 1 fully saturated rings. The fourth-order valence-corrected chi connectivity index (χ4v) is 1.80. The average Bonchev–Trinajstić information content (AvgIpc) is 2.83. The summed E-state index contributed by atoms with van der Waals surface area (Å²) < 4.78 is 5.00. The lowest BCUT2D eigenvalue weighted by Gasteiger charge is -2.09. The van der Waals surface area contributed by atoms with Crippen LogP contribution in [0, 0.1) is 5.92 Å². The molecule has 18 heavy (non-hydrogen) atoms. The molecule has 0 bridgehead atoms. The number of rotatable bonds is 4. The van der Waals surface area contributed by atoms with Crippen LogP contribution in [0.3, 0.4) is 0 Å². The van der Waals surface area contributed by atoms with E-state index in [1.807, 2.05) is 0 Å². The van der Waals surface area contributed by atoms with Gasteiger partial charge >= 0.3 is 0 Å². The maximum absolute atomic E-state index is 11.8. The van der Waals surface area contributed by atoms with Gasteiger partial charge in [-0.3, -0.25) is 9.59 Å². The molecule has 0 aromatic carbocycles. The number of nitrogens with one attached hydrogen (secondary N) is 2. The molecule has 1 unspecified atom stereocenters. The molecule has 6 nitrogen and oxygen atoms in total. The Hall–Kier alpha value is -2.11. The molecule has 2 heterocycles. The van der Waals surface area contributed by atoms with Crippen molar-refractivity contribution in [1.82, 2.24) is 15.6 Å². The Balaban J connectivity index is 1.87. The van der Waals surface area contributed by atoms with E-state index in [-0.39, 0.29) is 24.2 Å². The first-order valence-corrected chi connectivity index (χ1v) is 5.72. The van der Waals surface area contributed by atoms with Crippen LogP contribution in [0.4, 0.5) is 0 Å². The second-order valence-electron chi connectivity index (χ2n) is 4.13. The van der Waals surface area contributed by atoms with Gasteiger partial charge in [0.1, 0.15) is 0 Å². The fourth-order valence-electron chi connectivity index (χ4n) is 1.80. The summed E-state index contributed by atoms with van der Waals surface area (Å²) >= 11 is 0. The van der Waals surface area contributed by atoms with Crippen LogP contribution in [0.25, 0.3) is 0 Å². The number of hydrogen-bond donors (Lipinski definition) is 2. The topological polar surface area (TPSA) is 80.3 Å². The van der Waals surface area contributed by atoms with Crippen LogP contribution in [-0.4, -0.2) is 30.5 Å². The van der Waals surface area contributed by atoms with Crippen molar-refractivity contribution in [2.24, 2.45) is 5.92 Å². The van der Waals surface area contributed by atoms with E-state index in [2.05, 4.69) is 15.6 Å². The van der Waals surface area contributed by atoms with E-state index in [4.69, 9.17) is 4.74 Å². The number of amides is 2. The average molecular weight is 249 g/mol. The molecule has 2 amide bonds. The number of carbonyl (C=O) groups excluding carboxylic acids is 2. The Labute approximate surface area is 105 Å². The summed E-state index contributed by atoms with van der Waals surface area (Å²) in [7, 11) is 1.54. The van der Waals surface area contributed by atoms with Gasteiger partial charge in [0.05, 0.1) is 13.0 Å². The lowest BCUT2D eigenvalue weighted by Crippen LogP contribution is -2.31. The first-order valence-electron chi connectivity index (χ1n) is 5.72. The van der Waals surface area contributed by atoms with Crippen molar-refractivity contribution in [2.45, 2.75) is 13.0 Å². The van der Waals surface area contributed by atoms with Crippen molar-refractivity contribution in [2.75, 3.05) is 13.7 Å². The van der Waals surface area contributed by atoms with Gasteiger partial charge in [0.2, 0.25) is 17.7 Å². The van der Waals surface area contributed by atoms with E-state index in [1.54, 1.807) is 25.4 Å². The Morgan fingerprint density at radius 3 is 3.17 bits per heavy atom. The van der Waals surface area contributed by atoms with E-state index in [0.29, 0.717) is 19.0 Å². The zero-order valence-corrected chi connectivity index (χ0v) is 10.1. The molecule has 0 saturated carbocycles. The summed E-state index contributed by atoms with van der Waals surface area (Å²) in [6, 6.07) is 3.57. The number of pyridine rings is 1. The molecule has 0 radical (unpaired) electrons. The SMILES string of the molecule is COc1cc(CNC(=O)C2CNC(=O)C2)ccn1. The quantitative estimate of drug-likeness (QED) is 0.777. The van der Waals surface area contributed by atoms with Gasteiger partial charge in [0.15, 0.2) is 0 Å². The second kappa shape index (κ2) is 5.48. The van der Waals surface area contributed by atoms with Gasteiger partial charge in [-0.2, -0.15) is 0 Å². The van der Waals surface area contributed by atoms with Crippen LogP contribution in [0.15, 0.2) is 18.3 Å². The molecule has 1 aliphatic rings. The van der Waals surface area contributed by atoms with Crippen LogP contribution >= 0.6 is 0 Å². The number of carbonyl (C=O) groups is 2. The van der Waals surface area contributed by atoms with E-state index < -0.39 is 0 Å². The van der Waals surface area contributed by atoms with E-state index in [1.165, 1.54) is 0 Å². The molecule has 1 aromatic heterocycles. The molecule has 1 atom stereocenters. The molecule has 6 heteroatoms. The summed E-state index contributed by atoms with van der Waals surface area (Å²) in [5.41, 5.74) is 0.910. The number of aromatic nitrogens is 1. The van der Waals surface area contributed by atoms with Crippen LogP contribution in [0.5, 0.6) is 5.88 Å². The predicted octanol–water partition coefficient (Wildman–Crippen LogP) is -0.158. The highest BCUT2D eigenvalue weighted by atomic mass is 16.5. The van der Waals surface area contributed by atoms with Gasteiger partial charge in [-0.05, 0) is 11.6 Å². The van der Waals surface area contributed by atoms with E-state index in [9.17, 15) is 9.59 Å². The summed E-state index contributed by atoms with van der Waals surface area (Å²) in [5, 5.41) is 5.44. The van der Waals surface area contributed by atoms with Crippen molar-refractivity contribution >= 4 is 11.8 Å². The number of ether oxygens (including phenoxy) is 1. The summed E-state index contributed by atoms with van der Waals surface area (Å²) in [4.78, 5) is 26.8. The Morgan fingerprint density at radius 1 is 1.67 bits per heavy atom. The summed E-state index contributed by atoms with van der Waals surface area (Å²) in [6.45, 7) is 0.826. The molecule has 2 N–H and O–H groups in total. The van der Waals surface area contributed by atoms with E-state index >= 15 is 0 Å². The highest BCUT2D eigenvalue weighted by Crippen LogP contribution is 2.11. The fraction of sp³-hybridized carbons (Fsp3) is 0.417. The zero-order chi connectivity index (χ0) is 13.0. The molecule has 1 aromatic rings. The smallest absolute Gasteiger partial charge is 0.225 e. The van der Waals surface area contributed by atoms with Crippen LogP contribution in [0.2, 0.25) is 0 Å². The molecule has 1 saturated heterocycles. The maximum Gasteiger partial charge on any atom is 0.225 e. The molecule has 0 spiro atoms. The number of methoxy groups -OCH3 is 1. The standard InChI is InChI=1S/C12H15N3O3/c1-18-11-4-8(2-3-13-11)6-15-12(17)9-5-10(16)14-7-9/h2-4,9H,5-7H2,1H3,(H,14,16)(H,15,17). The van der Waals surface area contributed by atoms with Crippen molar-refractivity contribution in [3.8, 4) is 5.88 Å². The third-order valence-corrected chi connectivity index (χ3v) is 2.82. The minimum atomic E-state index is -0.263. The van der Waals surface area contributed by atoms with Gasteiger partial charge in [0, 0.05) is 31.8 Å². The monoisotopic (exact) mass is 249 g/mol. The largest absolute Gasteiger partial charge is 0.481 e. The van der Waals surface area contributed by atoms with Gasteiger partial charge in [-0.15, -0.1) is 0 Å². The Bertz CT molecular complexity index is 462. The molecule has 2 rings (SSSR count). The Morgan fingerprint density at radius 2 is 2.50 bits per heavy atom. The highest BCUT2D eigenvalue weighted by Gasteiger charge is 2.27. The molecule has 0 aliphatic carbocycles. The normalized spacial score (nSPS) is 18.3. The van der Waals surface area contributed by atoms with E-state index in [0.717, 1.165) is 5.56 Å². The lowest BCUT2D eigenvalue weighted by molar-refractivity contribution is -0.126. The maximum atomic E-state index is 11.8.